The Labute approximate surface area is 145 Å². The van der Waals surface area contributed by atoms with Crippen LogP contribution in [0.4, 0.5) is 15.9 Å². The Balaban J connectivity index is 1.67. The quantitative estimate of drug-likeness (QED) is 0.853. The Morgan fingerprint density at radius 1 is 1.20 bits per heavy atom. The molecule has 0 unspecified atom stereocenters. The molecule has 1 N–H and O–H groups in total. The van der Waals surface area contributed by atoms with Crippen LogP contribution in [0.1, 0.15) is 15.9 Å². The van der Waals surface area contributed by atoms with Gasteiger partial charge in [0.15, 0.2) is 5.82 Å². The van der Waals surface area contributed by atoms with Gasteiger partial charge in [-0.2, -0.15) is 0 Å². The summed E-state index contributed by atoms with van der Waals surface area (Å²) in [7, 11) is 1.33. The van der Waals surface area contributed by atoms with Crippen LogP contribution in [0.5, 0.6) is 0 Å². The molecule has 1 saturated heterocycles. The first-order chi connectivity index (χ1) is 12.1. The second-order valence-corrected chi connectivity index (χ2v) is 5.78. The van der Waals surface area contributed by atoms with E-state index in [9.17, 15) is 14.3 Å². The summed E-state index contributed by atoms with van der Waals surface area (Å²) in [6.45, 7) is 2.36. The monoisotopic (exact) mass is 345 g/mol. The van der Waals surface area contributed by atoms with Crippen LogP contribution >= 0.6 is 0 Å². The number of aromatic nitrogens is 1. The standard InChI is InChI=1S/C18H20FN3O3/c1-25-18(24)13-5-6-16(20-11-13)22-9-7-21(8-10-22)15-4-2-3-14(12-23)17(15)19/h2-6,11,23H,7-10,12H2,1H3. The molecular formula is C18H20FN3O3. The molecule has 1 aromatic heterocycles. The average molecular weight is 345 g/mol. The number of halogens is 1. The van der Waals surface area contributed by atoms with E-state index in [1.807, 2.05) is 4.90 Å². The Hall–Kier alpha value is -2.67. The number of aliphatic hydroxyl groups is 1. The average Bonchev–Trinajstić information content (AvgIpc) is 2.68. The molecule has 1 aromatic carbocycles. The van der Waals surface area contributed by atoms with Gasteiger partial charge in [-0.1, -0.05) is 12.1 Å². The molecule has 25 heavy (non-hydrogen) atoms. The molecule has 6 nitrogen and oxygen atoms in total. The summed E-state index contributed by atoms with van der Waals surface area (Å²) in [5, 5.41) is 9.20. The number of carbonyl (C=O) groups is 1. The molecule has 0 amide bonds. The maximum absolute atomic E-state index is 14.4. The Morgan fingerprint density at radius 2 is 1.92 bits per heavy atom. The van der Waals surface area contributed by atoms with Crippen LogP contribution in [0.3, 0.4) is 0 Å². The van der Waals surface area contributed by atoms with Gasteiger partial charge in [0.2, 0.25) is 0 Å². The van der Waals surface area contributed by atoms with Gasteiger partial charge in [0, 0.05) is 37.9 Å². The zero-order valence-electron chi connectivity index (χ0n) is 14.0. The summed E-state index contributed by atoms with van der Waals surface area (Å²) in [6.07, 6.45) is 1.50. The van der Waals surface area contributed by atoms with E-state index >= 15 is 0 Å². The second kappa shape index (κ2) is 7.48. The third-order valence-corrected chi connectivity index (χ3v) is 4.34. The number of benzene rings is 1. The van der Waals surface area contributed by atoms with E-state index in [0.717, 1.165) is 5.82 Å². The molecule has 2 heterocycles. The van der Waals surface area contributed by atoms with E-state index < -0.39 is 5.97 Å². The number of hydrogen-bond donors (Lipinski definition) is 1. The van der Waals surface area contributed by atoms with Crippen molar-refractivity contribution in [3.05, 3.63) is 53.5 Å². The van der Waals surface area contributed by atoms with Crippen LogP contribution in [0.25, 0.3) is 0 Å². The van der Waals surface area contributed by atoms with Crippen molar-refractivity contribution in [2.75, 3.05) is 43.1 Å². The van der Waals surface area contributed by atoms with Crippen molar-refractivity contribution in [1.82, 2.24) is 4.98 Å². The van der Waals surface area contributed by atoms with Gasteiger partial charge in [0.25, 0.3) is 0 Å². The summed E-state index contributed by atoms with van der Waals surface area (Å²) in [4.78, 5) is 19.8. The van der Waals surface area contributed by atoms with E-state index in [0.29, 0.717) is 43.0 Å². The molecule has 132 valence electrons. The fourth-order valence-electron chi connectivity index (χ4n) is 2.92. The first-order valence-electron chi connectivity index (χ1n) is 8.06. The maximum Gasteiger partial charge on any atom is 0.339 e. The van der Waals surface area contributed by atoms with Crippen LogP contribution in [-0.4, -0.2) is 49.3 Å². The van der Waals surface area contributed by atoms with Crippen LogP contribution < -0.4 is 9.80 Å². The molecule has 0 spiro atoms. The highest BCUT2D eigenvalue weighted by Crippen LogP contribution is 2.24. The Morgan fingerprint density at radius 3 is 2.52 bits per heavy atom. The number of piperazine rings is 1. The Kier molecular flexibility index (Phi) is 5.14. The number of pyridine rings is 1. The van der Waals surface area contributed by atoms with Crippen molar-refractivity contribution in [2.24, 2.45) is 0 Å². The molecule has 7 heteroatoms. The Bertz CT molecular complexity index is 744. The van der Waals surface area contributed by atoms with Crippen molar-refractivity contribution in [3.8, 4) is 0 Å². The number of nitrogens with zero attached hydrogens (tertiary/aromatic N) is 3. The fraction of sp³-hybridized carbons (Fsp3) is 0.333. The number of hydrogen-bond acceptors (Lipinski definition) is 6. The number of rotatable bonds is 4. The van der Waals surface area contributed by atoms with Gasteiger partial charge in [0.1, 0.15) is 5.82 Å². The number of carbonyl (C=O) groups excluding carboxylic acids is 1. The molecular weight excluding hydrogens is 325 g/mol. The zero-order chi connectivity index (χ0) is 17.8. The summed E-state index contributed by atoms with van der Waals surface area (Å²) >= 11 is 0. The van der Waals surface area contributed by atoms with Gasteiger partial charge in [0.05, 0.1) is 25.0 Å². The first-order valence-corrected chi connectivity index (χ1v) is 8.06. The zero-order valence-corrected chi connectivity index (χ0v) is 14.0. The van der Waals surface area contributed by atoms with E-state index in [-0.39, 0.29) is 12.4 Å². The minimum absolute atomic E-state index is 0.306. The molecule has 0 atom stereocenters. The molecule has 1 aliphatic rings. The largest absolute Gasteiger partial charge is 0.465 e. The minimum atomic E-state index is -0.414. The molecule has 0 aliphatic carbocycles. The van der Waals surface area contributed by atoms with Crippen molar-refractivity contribution < 1.29 is 19.0 Å². The number of methoxy groups -OCH3 is 1. The molecule has 0 bridgehead atoms. The van der Waals surface area contributed by atoms with Crippen LogP contribution in [0, 0.1) is 5.82 Å². The van der Waals surface area contributed by atoms with E-state index in [1.165, 1.54) is 13.3 Å². The first kappa shape index (κ1) is 17.2. The van der Waals surface area contributed by atoms with Gasteiger partial charge >= 0.3 is 5.97 Å². The lowest BCUT2D eigenvalue weighted by molar-refractivity contribution is 0.0600. The fourth-order valence-corrected chi connectivity index (χ4v) is 2.92. The van der Waals surface area contributed by atoms with Gasteiger partial charge in [-0.05, 0) is 18.2 Å². The lowest BCUT2D eigenvalue weighted by Crippen LogP contribution is -2.47. The normalized spacial score (nSPS) is 14.5. The summed E-state index contributed by atoms with van der Waals surface area (Å²) < 4.78 is 19.0. The smallest absolute Gasteiger partial charge is 0.339 e. The SMILES string of the molecule is COC(=O)c1ccc(N2CCN(c3cccc(CO)c3F)CC2)nc1. The lowest BCUT2D eigenvalue weighted by atomic mass is 10.1. The molecule has 2 aromatic rings. The predicted octanol–water partition coefficient (Wildman–Crippen LogP) is 1.83. The molecule has 3 rings (SSSR count). The van der Waals surface area contributed by atoms with Gasteiger partial charge in [-0.25, -0.2) is 14.2 Å². The molecule has 1 fully saturated rings. The molecule has 0 radical (unpaired) electrons. The van der Waals surface area contributed by atoms with Gasteiger partial charge < -0.3 is 19.6 Å². The number of aliphatic hydroxyl groups excluding tert-OH is 1. The van der Waals surface area contributed by atoms with E-state index in [4.69, 9.17) is 0 Å². The second-order valence-electron chi connectivity index (χ2n) is 5.78. The summed E-state index contributed by atoms with van der Waals surface area (Å²) in [5.74, 6) is -0.000926. The van der Waals surface area contributed by atoms with E-state index in [2.05, 4.69) is 14.6 Å². The predicted molar refractivity (Wildman–Crippen MR) is 92.3 cm³/mol. The van der Waals surface area contributed by atoms with E-state index in [1.54, 1.807) is 30.3 Å². The molecule has 1 aliphatic heterocycles. The van der Waals surface area contributed by atoms with Crippen LogP contribution in [0.15, 0.2) is 36.5 Å². The topological polar surface area (TPSA) is 65.9 Å². The number of ether oxygens (including phenoxy) is 1. The summed E-state index contributed by atoms with van der Waals surface area (Å²) in [6, 6.07) is 8.54. The number of anilines is 2. The lowest BCUT2D eigenvalue weighted by Gasteiger charge is -2.37. The highest BCUT2D eigenvalue weighted by atomic mass is 19.1. The number of esters is 1. The highest BCUT2D eigenvalue weighted by Gasteiger charge is 2.21. The third-order valence-electron chi connectivity index (χ3n) is 4.34. The molecule has 0 saturated carbocycles. The van der Waals surface area contributed by atoms with Crippen molar-refractivity contribution >= 4 is 17.5 Å². The third kappa shape index (κ3) is 3.56. The van der Waals surface area contributed by atoms with Gasteiger partial charge in [-0.15, -0.1) is 0 Å². The van der Waals surface area contributed by atoms with Gasteiger partial charge in [-0.3, -0.25) is 0 Å². The highest BCUT2D eigenvalue weighted by molar-refractivity contribution is 5.89. The van der Waals surface area contributed by atoms with Crippen molar-refractivity contribution in [3.63, 3.8) is 0 Å². The summed E-state index contributed by atoms with van der Waals surface area (Å²) in [5.41, 5.74) is 1.23. The van der Waals surface area contributed by atoms with Crippen LogP contribution in [0.2, 0.25) is 0 Å². The minimum Gasteiger partial charge on any atom is -0.465 e. The van der Waals surface area contributed by atoms with Crippen LogP contribution in [-0.2, 0) is 11.3 Å². The van der Waals surface area contributed by atoms with Crippen molar-refractivity contribution in [2.45, 2.75) is 6.61 Å². The van der Waals surface area contributed by atoms with Crippen molar-refractivity contribution in [1.29, 1.82) is 0 Å². The maximum atomic E-state index is 14.4.